The van der Waals surface area contributed by atoms with Crippen molar-refractivity contribution in [1.82, 2.24) is 10.6 Å². The highest BCUT2D eigenvalue weighted by Crippen LogP contribution is 2.19. The number of carbonyl (C=O) groups excluding carboxylic acids is 3. The molecule has 1 atom stereocenters. The molecule has 0 aliphatic heterocycles. The molecule has 0 unspecified atom stereocenters. The van der Waals surface area contributed by atoms with Crippen LogP contribution in [0.5, 0.6) is 0 Å². The number of carbonyl (C=O) groups is 4. The second-order valence-electron chi connectivity index (χ2n) is 7.43. The van der Waals surface area contributed by atoms with Crippen molar-refractivity contribution in [3.63, 3.8) is 0 Å². The number of ether oxygens (including phenoxy) is 1. The first-order chi connectivity index (χ1) is 14.2. The predicted molar refractivity (Wildman–Crippen MR) is 105 cm³/mol. The maximum atomic E-state index is 12.0. The molecule has 31 heavy (non-hydrogen) atoms. The van der Waals surface area contributed by atoms with E-state index in [2.05, 4.69) is 10.6 Å². The molecule has 0 bridgehead atoms. The molecule has 1 rings (SSSR count). The lowest BCUT2D eigenvalue weighted by molar-refractivity contribution is -0.192. The summed E-state index contributed by atoms with van der Waals surface area (Å²) in [5, 5.41) is 12.3. The number of carboxylic acid groups (broad SMARTS) is 1. The van der Waals surface area contributed by atoms with Crippen LogP contribution in [-0.2, 0) is 30.5 Å². The van der Waals surface area contributed by atoms with Gasteiger partial charge in [0.1, 0.15) is 12.6 Å². The van der Waals surface area contributed by atoms with Crippen molar-refractivity contribution in [2.75, 3.05) is 7.05 Å². The third kappa shape index (κ3) is 12.2. The standard InChI is InChI=1S/C18H26N2O4.C2HF3O2/c1-18(2,3)16(17(23)19-4)20-14(21)10-11-15(22)24-12-13-8-6-5-7-9-13;3-2(4,5)1(6)7/h5-9,16H,10-12H2,1-4H3,(H,19,23)(H,20,21);(H,6,7)/t16-;/m1./s1. The van der Waals surface area contributed by atoms with Crippen molar-refractivity contribution in [3.05, 3.63) is 35.9 Å². The Morgan fingerprint density at radius 1 is 1.03 bits per heavy atom. The van der Waals surface area contributed by atoms with Gasteiger partial charge in [0.15, 0.2) is 0 Å². The summed E-state index contributed by atoms with van der Waals surface area (Å²) in [6, 6.07) is 8.67. The van der Waals surface area contributed by atoms with Crippen LogP contribution in [0.2, 0.25) is 0 Å². The maximum absolute atomic E-state index is 12.0. The molecule has 0 radical (unpaired) electrons. The first-order valence-electron chi connectivity index (χ1n) is 9.19. The fraction of sp³-hybridized carbons (Fsp3) is 0.500. The molecule has 0 aliphatic carbocycles. The number of alkyl halides is 3. The van der Waals surface area contributed by atoms with E-state index in [1.807, 2.05) is 51.1 Å². The van der Waals surface area contributed by atoms with E-state index in [0.717, 1.165) is 5.56 Å². The number of benzene rings is 1. The third-order valence-electron chi connectivity index (χ3n) is 3.72. The number of hydrogen-bond acceptors (Lipinski definition) is 5. The minimum Gasteiger partial charge on any atom is -0.475 e. The van der Waals surface area contributed by atoms with Crippen molar-refractivity contribution in [2.24, 2.45) is 5.41 Å². The molecule has 11 heteroatoms. The first kappa shape index (κ1) is 27.9. The minimum atomic E-state index is -5.08. The van der Waals surface area contributed by atoms with Crippen molar-refractivity contribution >= 4 is 23.8 Å². The van der Waals surface area contributed by atoms with Gasteiger partial charge in [-0.2, -0.15) is 13.2 Å². The molecular formula is C20H27F3N2O6. The first-order valence-corrected chi connectivity index (χ1v) is 9.19. The van der Waals surface area contributed by atoms with Gasteiger partial charge in [-0.1, -0.05) is 51.1 Å². The SMILES string of the molecule is CNC(=O)[C@@H](NC(=O)CCC(=O)OCc1ccccc1)C(C)(C)C.O=C(O)C(F)(F)F. The number of esters is 1. The molecule has 0 spiro atoms. The highest BCUT2D eigenvalue weighted by molar-refractivity contribution is 5.89. The summed E-state index contributed by atoms with van der Waals surface area (Å²) in [4.78, 5) is 44.5. The molecule has 1 aromatic rings. The summed E-state index contributed by atoms with van der Waals surface area (Å²) in [5.74, 6) is -3.81. The zero-order valence-corrected chi connectivity index (χ0v) is 17.7. The summed E-state index contributed by atoms with van der Waals surface area (Å²) in [7, 11) is 1.52. The molecule has 8 nitrogen and oxygen atoms in total. The van der Waals surface area contributed by atoms with Crippen molar-refractivity contribution in [1.29, 1.82) is 0 Å². The topological polar surface area (TPSA) is 122 Å². The number of rotatable bonds is 7. The van der Waals surface area contributed by atoms with E-state index < -0.39 is 29.6 Å². The second-order valence-corrected chi connectivity index (χ2v) is 7.43. The van der Waals surface area contributed by atoms with Gasteiger partial charge < -0.3 is 20.5 Å². The zero-order chi connectivity index (χ0) is 24.2. The van der Waals surface area contributed by atoms with Gasteiger partial charge in [-0.15, -0.1) is 0 Å². The van der Waals surface area contributed by atoms with Crippen molar-refractivity contribution in [3.8, 4) is 0 Å². The van der Waals surface area contributed by atoms with Gasteiger partial charge in [-0.3, -0.25) is 14.4 Å². The Labute approximate surface area is 178 Å². The molecule has 2 amide bonds. The molecule has 0 aromatic heterocycles. The largest absolute Gasteiger partial charge is 0.490 e. The lowest BCUT2D eigenvalue weighted by Crippen LogP contribution is -2.52. The summed E-state index contributed by atoms with van der Waals surface area (Å²) in [6.45, 7) is 5.77. The number of likely N-dealkylation sites (N-methyl/N-ethyl adjacent to an activating group) is 1. The predicted octanol–water partition coefficient (Wildman–Crippen LogP) is 2.42. The van der Waals surface area contributed by atoms with E-state index in [1.54, 1.807) is 0 Å². The van der Waals surface area contributed by atoms with E-state index in [-0.39, 0.29) is 31.3 Å². The normalized spacial score (nSPS) is 12.0. The average molecular weight is 448 g/mol. The monoisotopic (exact) mass is 448 g/mol. The van der Waals surface area contributed by atoms with Gasteiger partial charge >= 0.3 is 18.1 Å². The second kappa shape index (κ2) is 12.6. The Balaban J connectivity index is 0.00000110. The fourth-order valence-corrected chi connectivity index (χ4v) is 2.08. The molecule has 0 heterocycles. The maximum Gasteiger partial charge on any atom is 0.490 e. The Bertz CT molecular complexity index is 746. The van der Waals surface area contributed by atoms with Gasteiger partial charge in [0.25, 0.3) is 0 Å². The van der Waals surface area contributed by atoms with Gasteiger partial charge in [0.2, 0.25) is 11.8 Å². The lowest BCUT2D eigenvalue weighted by Gasteiger charge is -2.29. The van der Waals surface area contributed by atoms with Gasteiger partial charge in [-0.05, 0) is 11.0 Å². The number of nitrogens with one attached hydrogen (secondary N) is 2. The summed E-state index contributed by atoms with van der Waals surface area (Å²) in [6.07, 6.45) is -5.12. The minimum absolute atomic E-state index is 0.0167. The van der Waals surface area contributed by atoms with Crippen LogP contribution in [0.4, 0.5) is 13.2 Å². The Morgan fingerprint density at radius 2 is 1.55 bits per heavy atom. The molecule has 1 aromatic carbocycles. The number of carboxylic acids is 1. The van der Waals surface area contributed by atoms with Crippen LogP contribution in [0.15, 0.2) is 30.3 Å². The van der Waals surface area contributed by atoms with Gasteiger partial charge in [0, 0.05) is 13.5 Å². The fourth-order valence-electron chi connectivity index (χ4n) is 2.08. The van der Waals surface area contributed by atoms with Crippen LogP contribution in [-0.4, -0.2) is 48.1 Å². The highest BCUT2D eigenvalue weighted by Gasteiger charge is 2.38. The summed E-state index contributed by atoms with van der Waals surface area (Å²) >= 11 is 0. The van der Waals surface area contributed by atoms with Crippen LogP contribution in [0.3, 0.4) is 0 Å². The Hall–Kier alpha value is -3.11. The van der Waals surface area contributed by atoms with Crippen LogP contribution in [0.1, 0.15) is 39.2 Å². The molecule has 3 N–H and O–H groups in total. The highest BCUT2D eigenvalue weighted by atomic mass is 19.4. The van der Waals surface area contributed by atoms with Crippen LogP contribution < -0.4 is 10.6 Å². The van der Waals surface area contributed by atoms with Crippen LogP contribution in [0.25, 0.3) is 0 Å². The van der Waals surface area contributed by atoms with Crippen LogP contribution >= 0.6 is 0 Å². The van der Waals surface area contributed by atoms with E-state index >= 15 is 0 Å². The van der Waals surface area contributed by atoms with E-state index in [1.165, 1.54) is 7.05 Å². The van der Waals surface area contributed by atoms with E-state index in [4.69, 9.17) is 14.6 Å². The molecular weight excluding hydrogens is 421 g/mol. The smallest absolute Gasteiger partial charge is 0.475 e. The zero-order valence-electron chi connectivity index (χ0n) is 17.7. The molecule has 174 valence electrons. The average Bonchev–Trinajstić information content (AvgIpc) is 2.68. The Morgan fingerprint density at radius 3 is 1.97 bits per heavy atom. The quantitative estimate of drug-likeness (QED) is 0.551. The number of amides is 2. The Kier molecular flexibility index (Phi) is 11.3. The number of halogens is 3. The van der Waals surface area contributed by atoms with Gasteiger partial charge in [-0.25, -0.2) is 4.79 Å². The summed E-state index contributed by atoms with van der Waals surface area (Å²) < 4.78 is 36.9. The van der Waals surface area contributed by atoms with E-state index in [9.17, 15) is 27.6 Å². The van der Waals surface area contributed by atoms with E-state index in [0.29, 0.717) is 0 Å². The molecule has 0 saturated carbocycles. The van der Waals surface area contributed by atoms with Gasteiger partial charge in [0.05, 0.1) is 6.42 Å². The van der Waals surface area contributed by atoms with Crippen molar-refractivity contribution < 1.29 is 42.2 Å². The summed E-state index contributed by atoms with van der Waals surface area (Å²) in [5.41, 5.74) is 0.464. The molecule has 0 fully saturated rings. The van der Waals surface area contributed by atoms with Crippen molar-refractivity contribution in [2.45, 2.75) is 52.4 Å². The number of aliphatic carboxylic acids is 1. The van der Waals surface area contributed by atoms with Crippen LogP contribution in [0, 0.1) is 5.41 Å². The number of hydrogen-bond donors (Lipinski definition) is 3. The molecule has 0 saturated heterocycles. The lowest BCUT2D eigenvalue weighted by atomic mass is 9.86. The molecule has 0 aliphatic rings. The third-order valence-corrected chi connectivity index (χ3v) is 3.72.